The van der Waals surface area contributed by atoms with Gasteiger partial charge in [0.2, 0.25) is 5.91 Å². The number of nitrogens with one attached hydrogen (secondary N) is 2. The summed E-state index contributed by atoms with van der Waals surface area (Å²) in [4.78, 5) is 35.3. The summed E-state index contributed by atoms with van der Waals surface area (Å²) in [6.07, 6.45) is 3.46. The van der Waals surface area contributed by atoms with Crippen LogP contribution in [0.25, 0.3) is 0 Å². The van der Waals surface area contributed by atoms with E-state index >= 15 is 0 Å². The molecule has 1 aromatic rings. The minimum absolute atomic E-state index is 0.0128. The topological polar surface area (TPSA) is 95.5 Å². The maximum atomic E-state index is 12.3. The highest BCUT2D eigenvalue weighted by Crippen LogP contribution is 2.28. The van der Waals surface area contributed by atoms with Gasteiger partial charge in [0.05, 0.1) is 11.3 Å². The predicted octanol–water partition coefficient (Wildman–Crippen LogP) is 2.84. The van der Waals surface area contributed by atoms with Crippen molar-refractivity contribution in [1.82, 2.24) is 5.32 Å². The van der Waals surface area contributed by atoms with Crippen LogP contribution in [0.2, 0.25) is 5.02 Å². The van der Waals surface area contributed by atoms with E-state index in [9.17, 15) is 14.4 Å². The number of carbonyl (C=O) groups is 3. The average molecular weight is 351 g/mol. The molecule has 1 fully saturated rings. The summed E-state index contributed by atoms with van der Waals surface area (Å²) in [5.74, 6) is -1.55. The van der Waals surface area contributed by atoms with Crippen LogP contribution in [-0.4, -0.2) is 29.4 Å². The van der Waals surface area contributed by atoms with Crippen molar-refractivity contribution in [3.05, 3.63) is 40.4 Å². The van der Waals surface area contributed by atoms with Crippen LogP contribution in [0.4, 0.5) is 5.69 Å². The Bertz CT molecular complexity index is 696. The van der Waals surface area contributed by atoms with Gasteiger partial charge in [-0.1, -0.05) is 18.5 Å². The fourth-order valence-electron chi connectivity index (χ4n) is 2.11. The van der Waals surface area contributed by atoms with E-state index in [0.717, 1.165) is 18.9 Å². The smallest absolute Gasteiger partial charge is 0.331 e. The van der Waals surface area contributed by atoms with Gasteiger partial charge in [-0.25, -0.2) is 4.79 Å². The summed E-state index contributed by atoms with van der Waals surface area (Å²) in [6, 6.07) is 4.55. The molecule has 0 spiro atoms. The molecular formula is C17H19ClN2O4. The molecule has 2 amide bonds. The van der Waals surface area contributed by atoms with Crippen LogP contribution in [0, 0.1) is 5.92 Å². The van der Waals surface area contributed by atoms with Crippen LogP contribution >= 0.6 is 11.6 Å². The third-order valence-electron chi connectivity index (χ3n) is 3.69. The zero-order valence-corrected chi connectivity index (χ0v) is 14.0. The summed E-state index contributed by atoms with van der Waals surface area (Å²) < 4.78 is 0. The standard InChI is InChI=1S/C17H19ClN2O4/c1-2-11(17(23)24)7-15(21)20-14-6-5-12(18)8-13(14)16(22)19-9-10-3-4-10/h5-8,10H,2-4,9H2,1H3,(H,19,22)(H,20,21)(H,23,24)/b11-7+. The van der Waals surface area contributed by atoms with Crippen molar-refractivity contribution in [2.45, 2.75) is 26.2 Å². The summed E-state index contributed by atoms with van der Waals surface area (Å²) in [5, 5.41) is 14.7. The van der Waals surface area contributed by atoms with Gasteiger partial charge in [-0.3, -0.25) is 9.59 Å². The Labute approximate surface area is 144 Å². The van der Waals surface area contributed by atoms with E-state index < -0.39 is 11.9 Å². The number of carbonyl (C=O) groups excluding carboxylic acids is 2. The number of hydrogen-bond donors (Lipinski definition) is 3. The van der Waals surface area contributed by atoms with Gasteiger partial charge >= 0.3 is 5.97 Å². The van der Waals surface area contributed by atoms with Crippen LogP contribution in [0.5, 0.6) is 0 Å². The average Bonchev–Trinajstić information content (AvgIpc) is 3.36. The monoisotopic (exact) mass is 350 g/mol. The molecule has 24 heavy (non-hydrogen) atoms. The van der Waals surface area contributed by atoms with E-state index in [1.165, 1.54) is 12.1 Å². The van der Waals surface area contributed by atoms with E-state index in [1.54, 1.807) is 13.0 Å². The van der Waals surface area contributed by atoms with Gasteiger partial charge < -0.3 is 15.7 Å². The second-order valence-electron chi connectivity index (χ2n) is 5.66. The minimum atomic E-state index is -1.15. The molecule has 1 saturated carbocycles. The molecule has 0 saturated heterocycles. The Kier molecular flexibility index (Phi) is 5.98. The fraction of sp³-hybridized carbons (Fsp3) is 0.353. The number of hydrogen-bond acceptors (Lipinski definition) is 3. The fourth-order valence-corrected chi connectivity index (χ4v) is 2.28. The number of rotatable bonds is 7. The van der Waals surface area contributed by atoms with E-state index in [-0.39, 0.29) is 29.2 Å². The van der Waals surface area contributed by atoms with E-state index in [4.69, 9.17) is 16.7 Å². The third kappa shape index (κ3) is 5.09. The van der Waals surface area contributed by atoms with Crippen LogP contribution in [-0.2, 0) is 9.59 Å². The lowest BCUT2D eigenvalue weighted by molar-refractivity contribution is -0.133. The maximum Gasteiger partial charge on any atom is 0.331 e. The summed E-state index contributed by atoms with van der Waals surface area (Å²) in [5.41, 5.74) is 0.522. The molecule has 0 aromatic heterocycles. The molecule has 0 unspecified atom stereocenters. The number of aliphatic carboxylic acids is 1. The first-order valence-electron chi connectivity index (χ1n) is 7.73. The van der Waals surface area contributed by atoms with Crippen molar-refractivity contribution in [3.63, 3.8) is 0 Å². The van der Waals surface area contributed by atoms with E-state index in [1.807, 2.05) is 0 Å². The van der Waals surface area contributed by atoms with Crippen molar-refractivity contribution in [3.8, 4) is 0 Å². The lowest BCUT2D eigenvalue weighted by Gasteiger charge is -2.11. The molecule has 1 aromatic carbocycles. The Balaban J connectivity index is 2.15. The second kappa shape index (κ2) is 7.97. The maximum absolute atomic E-state index is 12.3. The Morgan fingerprint density at radius 3 is 2.62 bits per heavy atom. The Morgan fingerprint density at radius 1 is 1.33 bits per heavy atom. The first-order valence-corrected chi connectivity index (χ1v) is 8.11. The van der Waals surface area contributed by atoms with Gasteiger partial charge in [-0.05, 0) is 43.4 Å². The van der Waals surface area contributed by atoms with Crippen LogP contribution in [0.15, 0.2) is 29.8 Å². The lowest BCUT2D eigenvalue weighted by Crippen LogP contribution is -2.27. The number of benzene rings is 1. The highest BCUT2D eigenvalue weighted by Gasteiger charge is 2.23. The molecule has 2 rings (SSSR count). The number of carboxylic acid groups (broad SMARTS) is 1. The van der Waals surface area contributed by atoms with Crippen molar-refractivity contribution < 1.29 is 19.5 Å². The zero-order chi connectivity index (χ0) is 17.7. The molecule has 128 valence electrons. The van der Waals surface area contributed by atoms with Gasteiger partial charge in [0.25, 0.3) is 5.91 Å². The molecule has 0 heterocycles. The zero-order valence-electron chi connectivity index (χ0n) is 13.3. The largest absolute Gasteiger partial charge is 0.478 e. The highest BCUT2D eigenvalue weighted by molar-refractivity contribution is 6.31. The number of halogens is 1. The molecule has 1 aliphatic carbocycles. The summed E-state index contributed by atoms with van der Waals surface area (Å²) >= 11 is 5.94. The van der Waals surface area contributed by atoms with E-state index in [2.05, 4.69) is 10.6 Å². The summed E-state index contributed by atoms with van der Waals surface area (Å²) in [6.45, 7) is 2.24. The molecule has 0 atom stereocenters. The molecular weight excluding hydrogens is 332 g/mol. The number of carboxylic acids is 1. The summed E-state index contributed by atoms with van der Waals surface area (Å²) in [7, 11) is 0. The first kappa shape index (κ1) is 18.0. The molecule has 3 N–H and O–H groups in total. The molecule has 0 radical (unpaired) electrons. The number of amides is 2. The van der Waals surface area contributed by atoms with Gasteiger partial charge in [0.15, 0.2) is 0 Å². The second-order valence-corrected chi connectivity index (χ2v) is 6.10. The van der Waals surface area contributed by atoms with Crippen molar-refractivity contribution in [2.24, 2.45) is 5.92 Å². The molecule has 7 heteroatoms. The normalized spacial score (nSPS) is 14.2. The minimum Gasteiger partial charge on any atom is -0.478 e. The SMILES string of the molecule is CC/C(=C\C(=O)Nc1ccc(Cl)cc1C(=O)NCC1CC1)C(=O)O. The van der Waals surface area contributed by atoms with Gasteiger partial charge in [0.1, 0.15) is 0 Å². The van der Waals surface area contributed by atoms with Gasteiger partial charge in [0, 0.05) is 23.2 Å². The van der Waals surface area contributed by atoms with Crippen molar-refractivity contribution >= 4 is 35.1 Å². The van der Waals surface area contributed by atoms with Crippen molar-refractivity contribution in [2.75, 3.05) is 11.9 Å². The predicted molar refractivity (Wildman–Crippen MR) is 91.1 cm³/mol. The highest BCUT2D eigenvalue weighted by atomic mass is 35.5. The number of anilines is 1. The van der Waals surface area contributed by atoms with Crippen LogP contribution in [0.1, 0.15) is 36.5 Å². The third-order valence-corrected chi connectivity index (χ3v) is 3.93. The van der Waals surface area contributed by atoms with Gasteiger partial charge in [-0.15, -0.1) is 0 Å². The van der Waals surface area contributed by atoms with E-state index in [0.29, 0.717) is 17.5 Å². The lowest BCUT2D eigenvalue weighted by atomic mass is 10.1. The molecule has 6 nitrogen and oxygen atoms in total. The first-order chi connectivity index (χ1) is 11.4. The molecule has 0 aliphatic heterocycles. The van der Waals surface area contributed by atoms with Crippen LogP contribution in [0.3, 0.4) is 0 Å². The molecule has 1 aliphatic rings. The van der Waals surface area contributed by atoms with Crippen LogP contribution < -0.4 is 10.6 Å². The Morgan fingerprint density at radius 2 is 2.04 bits per heavy atom. The van der Waals surface area contributed by atoms with Gasteiger partial charge in [-0.2, -0.15) is 0 Å². The molecule has 0 bridgehead atoms. The van der Waals surface area contributed by atoms with Crippen molar-refractivity contribution in [1.29, 1.82) is 0 Å². The Hall–Kier alpha value is -2.34. The quantitative estimate of drug-likeness (QED) is 0.659.